The van der Waals surface area contributed by atoms with Crippen molar-refractivity contribution in [2.24, 2.45) is 5.73 Å². The highest BCUT2D eigenvalue weighted by Crippen LogP contribution is 2.22. The maximum Gasteiger partial charge on any atom is 0.409 e. The Morgan fingerprint density at radius 3 is 2.85 bits per heavy atom. The summed E-state index contributed by atoms with van der Waals surface area (Å²) in [6.45, 7) is 0. The Morgan fingerprint density at radius 2 is 2.31 bits per heavy atom. The summed E-state index contributed by atoms with van der Waals surface area (Å²) in [6, 6.07) is 3.91. The van der Waals surface area contributed by atoms with E-state index < -0.39 is 11.9 Å². The van der Waals surface area contributed by atoms with Gasteiger partial charge in [0, 0.05) is 17.0 Å². The van der Waals surface area contributed by atoms with Gasteiger partial charge in [0.05, 0.1) is 0 Å². The molecule has 0 spiro atoms. The van der Waals surface area contributed by atoms with Gasteiger partial charge in [0.1, 0.15) is 11.6 Å². The van der Waals surface area contributed by atoms with Crippen molar-refractivity contribution in [3.63, 3.8) is 0 Å². The Hall–Kier alpha value is -1.10. The van der Waals surface area contributed by atoms with Crippen molar-refractivity contribution in [2.75, 3.05) is 0 Å². The van der Waals surface area contributed by atoms with E-state index in [1.807, 2.05) is 0 Å². The van der Waals surface area contributed by atoms with Crippen molar-refractivity contribution < 1.29 is 13.9 Å². The van der Waals surface area contributed by atoms with Crippen LogP contribution in [0.4, 0.5) is 9.18 Å². The summed E-state index contributed by atoms with van der Waals surface area (Å²) in [5.41, 5.74) is 5.47. The van der Waals surface area contributed by atoms with Crippen molar-refractivity contribution >= 4 is 22.0 Å². The minimum Gasteiger partial charge on any atom is -0.410 e. The highest BCUT2D eigenvalue weighted by molar-refractivity contribution is 9.08. The lowest BCUT2D eigenvalue weighted by Gasteiger charge is -2.05. The van der Waals surface area contributed by atoms with E-state index in [4.69, 9.17) is 5.73 Å². The van der Waals surface area contributed by atoms with Crippen LogP contribution < -0.4 is 10.5 Å². The second-order valence-electron chi connectivity index (χ2n) is 2.31. The zero-order chi connectivity index (χ0) is 9.84. The van der Waals surface area contributed by atoms with Crippen LogP contribution in [0.1, 0.15) is 5.56 Å². The number of carbonyl (C=O) groups is 1. The fraction of sp³-hybridized carbons (Fsp3) is 0.125. The third kappa shape index (κ3) is 2.69. The maximum absolute atomic E-state index is 12.7. The second-order valence-corrected chi connectivity index (χ2v) is 2.87. The Morgan fingerprint density at radius 1 is 1.62 bits per heavy atom. The monoisotopic (exact) mass is 247 g/mol. The molecule has 1 aromatic carbocycles. The molecular weight excluding hydrogens is 241 g/mol. The molecule has 1 rings (SSSR count). The van der Waals surface area contributed by atoms with E-state index in [0.29, 0.717) is 10.9 Å². The fourth-order valence-corrected chi connectivity index (χ4v) is 1.31. The fourth-order valence-electron chi connectivity index (χ4n) is 0.842. The van der Waals surface area contributed by atoms with Gasteiger partial charge < -0.3 is 10.5 Å². The Labute approximate surface area is 82.8 Å². The van der Waals surface area contributed by atoms with Crippen LogP contribution in [0, 0.1) is 5.82 Å². The zero-order valence-electron chi connectivity index (χ0n) is 6.59. The molecule has 0 aromatic heterocycles. The van der Waals surface area contributed by atoms with Gasteiger partial charge in [-0.05, 0) is 6.07 Å². The molecule has 0 saturated carbocycles. The number of amides is 1. The predicted octanol–water partition coefficient (Wildman–Crippen LogP) is 2.18. The lowest BCUT2D eigenvalue weighted by atomic mass is 10.2. The summed E-state index contributed by atoms with van der Waals surface area (Å²) < 4.78 is 17.3. The van der Waals surface area contributed by atoms with Crippen LogP contribution in [0.25, 0.3) is 0 Å². The molecule has 0 fully saturated rings. The van der Waals surface area contributed by atoms with Crippen LogP contribution >= 0.6 is 15.9 Å². The molecule has 0 unspecified atom stereocenters. The lowest BCUT2D eigenvalue weighted by Crippen LogP contribution is -2.17. The van der Waals surface area contributed by atoms with Gasteiger partial charge in [0.15, 0.2) is 0 Å². The number of primary amides is 1. The van der Waals surface area contributed by atoms with Gasteiger partial charge >= 0.3 is 6.09 Å². The summed E-state index contributed by atoms with van der Waals surface area (Å²) in [6.07, 6.45) is -0.951. The van der Waals surface area contributed by atoms with Gasteiger partial charge in [-0.2, -0.15) is 0 Å². The first kappa shape index (κ1) is 9.98. The molecule has 70 valence electrons. The highest BCUT2D eigenvalue weighted by Gasteiger charge is 2.06. The summed E-state index contributed by atoms with van der Waals surface area (Å²) in [7, 11) is 0. The van der Waals surface area contributed by atoms with Crippen molar-refractivity contribution in [1.29, 1.82) is 0 Å². The zero-order valence-corrected chi connectivity index (χ0v) is 8.17. The molecule has 0 atom stereocenters. The number of halogens is 2. The molecule has 0 aliphatic heterocycles. The molecule has 1 aromatic rings. The molecule has 0 heterocycles. The molecule has 0 bridgehead atoms. The van der Waals surface area contributed by atoms with Crippen molar-refractivity contribution in [1.82, 2.24) is 0 Å². The second kappa shape index (κ2) is 4.23. The van der Waals surface area contributed by atoms with Gasteiger partial charge in [-0.1, -0.05) is 22.0 Å². The minimum absolute atomic E-state index is 0.143. The minimum atomic E-state index is -0.951. The molecule has 5 heteroatoms. The summed E-state index contributed by atoms with van der Waals surface area (Å²) >= 11 is 3.17. The van der Waals surface area contributed by atoms with Crippen LogP contribution in [0.3, 0.4) is 0 Å². The first-order valence-corrected chi connectivity index (χ1v) is 4.57. The molecule has 0 saturated heterocycles. The third-order valence-electron chi connectivity index (χ3n) is 1.38. The molecular formula is C8H7BrFNO2. The molecule has 13 heavy (non-hydrogen) atoms. The van der Waals surface area contributed by atoms with E-state index in [-0.39, 0.29) is 5.75 Å². The predicted molar refractivity (Wildman–Crippen MR) is 49.2 cm³/mol. The van der Waals surface area contributed by atoms with Gasteiger partial charge in [0.2, 0.25) is 0 Å². The normalized spacial score (nSPS) is 9.69. The Kier molecular flexibility index (Phi) is 3.25. The molecule has 1 amide bonds. The van der Waals surface area contributed by atoms with E-state index in [2.05, 4.69) is 20.7 Å². The highest BCUT2D eigenvalue weighted by atomic mass is 79.9. The van der Waals surface area contributed by atoms with Gasteiger partial charge in [-0.3, -0.25) is 0 Å². The lowest BCUT2D eigenvalue weighted by molar-refractivity contribution is 0.210. The van der Waals surface area contributed by atoms with Crippen molar-refractivity contribution in [2.45, 2.75) is 5.33 Å². The van der Waals surface area contributed by atoms with Crippen LogP contribution in [0.5, 0.6) is 5.75 Å². The average molecular weight is 248 g/mol. The van der Waals surface area contributed by atoms with E-state index >= 15 is 0 Å². The number of alkyl halides is 1. The SMILES string of the molecule is NC(=O)Oc1cc(F)ccc1CBr. The van der Waals surface area contributed by atoms with E-state index in [1.165, 1.54) is 12.1 Å². The van der Waals surface area contributed by atoms with Crippen molar-refractivity contribution in [3.8, 4) is 5.75 Å². The first-order chi connectivity index (χ1) is 6.13. The van der Waals surface area contributed by atoms with Crippen LogP contribution in [-0.4, -0.2) is 6.09 Å². The number of carbonyl (C=O) groups excluding carboxylic acids is 1. The Bertz CT molecular complexity index is 330. The Balaban J connectivity index is 3.01. The summed E-state index contributed by atoms with van der Waals surface area (Å²) in [4.78, 5) is 10.4. The van der Waals surface area contributed by atoms with E-state index in [9.17, 15) is 9.18 Å². The summed E-state index contributed by atoms with van der Waals surface area (Å²) in [5, 5.41) is 0.468. The average Bonchev–Trinajstić information content (AvgIpc) is 2.03. The van der Waals surface area contributed by atoms with Gasteiger partial charge in [-0.15, -0.1) is 0 Å². The number of nitrogens with two attached hydrogens (primary N) is 1. The number of benzene rings is 1. The third-order valence-corrected chi connectivity index (χ3v) is 1.99. The van der Waals surface area contributed by atoms with Gasteiger partial charge in [-0.25, -0.2) is 9.18 Å². The quantitative estimate of drug-likeness (QED) is 0.815. The molecule has 0 aliphatic carbocycles. The molecule has 0 aliphatic rings. The largest absolute Gasteiger partial charge is 0.410 e. The van der Waals surface area contributed by atoms with Crippen LogP contribution in [0.2, 0.25) is 0 Å². The maximum atomic E-state index is 12.7. The molecule has 2 N–H and O–H groups in total. The topological polar surface area (TPSA) is 52.3 Å². The molecule has 0 radical (unpaired) electrons. The van der Waals surface area contributed by atoms with Crippen LogP contribution in [0.15, 0.2) is 18.2 Å². The number of rotatable bonds is 2. The smallest absolute Gasteiger partial charge is 0.409 e. The first-order valence-electron chi connectivity index (χ1n) is 3.45. The molecule has 3 nitrogen and oxygen atoms in total. The standard InChI is InChI=1S/C8H7BrFNO2/c9-4-5-1-2-6(10)3-7(5)13-8(11)12/h1-3H,4H2,(H2,11,12). The number of hydrogen-bond acceptors (Lipinski definition) is 2. The number of ether oxygens (including phenoxy) is 1. The van der Waals surface area contributed by atoms with E-state index in [1.54, 1.807) is 0 Å². The van der Waals surface area contributed by atoms with Gasteiger partial charge in [0.25, 0.3) is 0 Å². The van der Waals surface area contributed by atoms with Crippen LogP contribution in [-0.2, 0) is 5.33 Å². The van der Waals surface area contributed by atoms with E-state index in [0.717, 1.165) is 6.07 Å². The number of hydrogen-bond donors (Lipinski definition) is 1. The van der Waals surface area contributed by atoms with Crippen molar-refractivity contribution in [3.05, 3.63) is 29.6 Å². The summed E-state index contributed by atoms with van der Waals surface area (Å²) in [5.74, 6) is -0.328.